The number of anilines is 2. The van der Waals surface area contributed by atoms with Gasteiger partial charge in [-0.15, -0.1) is 0 Å². The topological polar surface area (TPSA) is 70.5 Å². The molecule has 19 heavy (non-hydrogen) atoms. The first-order valence-corrected chi connectivity index (χ1v) is 6.59. The molecule has 2 heterocycles. The zero-order valence-corrected chi connectivity index (χ0v) is 12.0. The monoisotopic (exact) mass is 266 g/mol. The average Bonchev–Trinajstić information content (AvgIpc) is 2.41. The molecule has 1 fully saturated rings. The number of hydrogen-bond donors (Lipinski definition) is 2. The first kappa shape index (κ1) is 14.0. The van der Waals surface area contributed by atoms with Crippen LogP contribution < -0.4 is 10.2 Å². The summed E-state index contributed by atoms with van der Waals surface area (Å²) in [6.07, 6.45) is -0.149. The summed E-state index contributed by atoms with van der Waals surface area (Å²) in [5, 5.41) is 12.4. The maximum Gasteiger partial charge on any atom is 0.137 e. The molecule has 1 aliphatic rings. The molecule has 0 aromatic carbocycles. The Hall–Kier alpha value is -1.40. The van der Waals surface area contributed by atoms with Gasteiger partial charge in [0, 0.05) is 19.2 Å². The Morgan fingerprint density at radius 2 is 2.16 bits per heavy atom. The van der Waals surface area contributed by atoms with Crippen LogP contribution in [0.15, 0.2) is 0 Å². The number of ether oxygens (including phenoxy) is 1. The van der Waals surface area contributed by atoms with Crippen molar-refractivity contribution in [2.75, 3.05) is 37.0 Å². The van der Waals surface area contributed by atoms with E-state index in [9.17, 15) is 5.11 Å². The van der Waals surface area contributed by atoms with E-state index in [1.165, 1.54) is 0 Å². The number of rotatable bonds is 3. The van der Waals surface area contributed by atoms with Crippen molar-refractivity contribution in [1.82, 2.24) is 9.97 Å². The molecule has 2 atom stereocenters. The lowest BCUT2D eigenvalue weighted by molar-refractivity contribution is -0.0106. The van der Waals surface area contributed by atoms with Crippen LogP contribution in [-0.2, 0) is 4.74 Å². The van der Waals surface area contributed by atoms with Crippen molar-refractivity contribution >= 4 is 11.6 Å². The van der Waals surface area contributed by atoms with Crippen LogP contribution in [0.3, 0.4) is 0 Å². The van der Waals surface area contributed by atoms with Crippen molar-refractivity contribution in [3.8, 4) is 0 Å². The maximum absolute atomic E-state index is 9.27. The Kier molecular flexibility index (Phi) is 4.21. The lowest BCUT2D eigenvalue weighted by Gasteiger charge is -2.39. The fourth-order valence-corrected chi connectivity index (χ4v) is 2.36. The van der Waals surface area contributed by atoms with Gasteiger partial charge in [-0.1, -0.05) is 0 Å². The van der Waals surface area contributed by atoms with E-state index in [0.717, 1.165) is 23.0 Å². The standard InChI is InChI=1S/C13H22N4O2/c1-8-7-19-11(6-18)5-17(8)13-9(2)12(14-4)15-10(3)16-13/h8,11,18H,5-7H2,1-4H3,(H,14,15,16). The molecule has 0 bridgehead atoms. The van der Waals surface area contributed by atoms with Crippen LogP contribution in [0, 0.1) is 13.8 Å². The molecule has 1 aromatic rings. The van der Waals surface area contributed by atoms with Crippen molar-refractivity contribution < 1.29 is 9.84 Å². The predicted octanol–water partition coefficient (Wildman–Crippen LogP) is 0.721. The number of nitrogens with one attached hydrogen (secondary N) is 1. The highest BCUT2D eigenvalue weighted by Crippen LogP contribution is 2.27. The van der Waals surface area contributed by atoms with Crippen LogP contribution in [-0.4, -0.2) is 54.0 Å². The fraction of sp³-hybridized carbons (Fsp3) is 0.692. The molecule has 0 amide bonds. The Bertz CT molecular complexity index is 453. The van der Waals surface area contributed by atoms with Gasteiger partial charge in [-0.2, -0.15) is 0 Å². The van der Waals surface area contributed by atoms with E-state index >= 15 is 0 Å². The summed E-state index contributed by atoms with van der Waals surface area (Å²) >= 11 is 0. The number of aliphatic hydroxyl groups excluding tert-OH is 1. The molecule has 0 radical (unpaired) electrons. The minimum absolute atomic E-state index is 0.0330. The van der Waals surface area contributed by atoms with E-state index in [2.05, 4.69) is 27.1 Å². The summed E-state index contributed by atoms with van der Waals surface area (Å²) in [5.74, 6) is 2.51. The molecule has 1 aliphatic heterocycles. The lowest BCUT2D eigenvalue weighted by atomic mass is 10.1. The normalized spacial score (nSPS) is 23.5. The third-order valence-electron chi connectivity index (χ3n) is 3.45. The highest BCUT2D eigenvalue weighted by atomic mass is 16.5. The van der Waals surface area contributed by atoms with Gasteiger partial charge in [0.15, 0.2) is 0 Å². The molecule has 6 nitrogen and oxygen atoms in total. The van der Waals surface area contributed by atoms with Crippen molar-refractivity contribution in [2.45, 2.75) is 32.9 Å². The molecule has 0 aliphatic carbocycles. The fourth-order valence-electron chi connectivity index (χ4n) is 2.36. The predicted molar refractivity (Wildman–Crippen MR) is 74.7 cm³/mol. The smallest absolute Gasteiger partial charge is 0.137 e. The van der Waals surface area contributed by atoms with Gasteiger partial charge >= 0.3 is 0 Å². The van der Waals surface area contributed by atoms with E-state index in [1.54, 1.807) is 0 Å². The van der Waals surface area contributed by atoms with Crippen molar-refractivity contribution in [1.29, 1.82) is 0 Å². The van der Waals surface area contributed by atoms with Crippen LogP contribution in [0.4, 0.5) is 11.6 Å². The minimum atomic E-state index is -0.149. The third-order valence-corrected chi connectivity index (χ3v) is 3.45. The average molecular weight is 266 g/mol. The molecule has 1 saturated heterocycles. The molecule has 0 spiro atoms. The summed E-state index contributed by atoms with van der Waals surface area (Å²) in [7, 11) is 1.86. The second-order valence-electron chi connectivity index (χ2n) is 4.96. The van der Waals surface area contributed by atoms with Crippen LogP contribution in [0.25, 0.3) is 0 Å². The van der Waals surface area contributed by atoms with Crippen LogP contribution in [0.5, 0.6) is 0 Å². The zero-order valence-electron chi connectivity index (χ0n) is 12.0. The quantitative estimate of drug-likeness (QED) is 0.840. The Morgan fingerprint density at radius 1 is 1.42 bits per heavy atom. The van der Waals surface area contributed by atoms with Crippen LogP contribution in [0.2, 0.25) is 0 Å². The van der Waals surface area contributed by atoms with Gasteiger partial charge in [0.05, 0.1) is 25.4 Å². The number of aryl methyl sites for hydroxylation is 1. The zero-order chi connectivity index (χ0) is 14.0. The van der Waals surface area contributed by atoms with Gasteiger partial charge in [-0.05, 0) is 20.8 Å². The molecule has 106 valence electrons. The van der Waals surface area contributed by atoms with E-state index in [0.29, 0.717) is 13.2 Å². The molecule has 6 heteroatoms. The SMILES string of the molecule is CNc1nc(C)nc(N2CC(CO)OCC2C)c1C. The first-order valence-electron chi connectivity index (χ1n) is 6.59. The summed E-state index contributed by atoms with van der Waals surface area (Å²) in [5.41, 5.74) is 1.03. The summed E-state index contributed by atoms with van der Waals surface area (Å²) in [6, 6.07) is 0.237. The van der Waals surface area contributed by atoms with Crippen molar-refractivity contribution in [3.05, 3.63) is 11.4 Å². The van der Waals surface area contributed by atoms with E-state index in [1.807, 2.05) is 20.9 Å². The van der Waals surface area contributed by atoms with Crippen LogP contribution in [0.1, 0.15) is 18.3 Å². The first-order chi connectivity index (χ1) is 9.06. The largest absolute Gasteiger partial charge is 0.394 e. The van der Waals surface area contributed by atoms with Gasteiger partial charge in [0.25, 0.3) is 0 Å². The van der Waals surface area contributed by atoms with Gasteiger partial charge < -0.3 is 20.1 Å². The Balaban J connectivity index is 2.36. The van der Waals surface area contributed by atoms with E-state index in [-0.39, 0.29) is 18.8 Å². The molecule has 0 saturated carbocycles. The van der Waals surface area contributed by atoms with Gasteiger partial charge in [0.1, 0.15) is 17.5 Å². The Labute approximate surface area is 113 Å². The van der Waals surface area contributed by atoms with Crippen molar-refractivity contribution in [2.24, 2.45) is 0 Å². The lowest BCUT2D eigenvalue weighted by Crippen LogP contribution is -2.50. The van der Waals surface area contributed by atoms with E-state index in [4.69, 9.17) is 4.74 Å². The summed E-state index contributed by atoms with van der Waals surface area (Å²) in [6.45, 7) is 7.28. The molecule has 1 aromatic heterocycles. The summed E-state index contributed by atoms with van der Waals surface area (Å²) < 4.78 is 5.57. The second kappa shape index (κ2) is 5.71. The number of morpholine rings is 1. The number of nitrogens with zero attached hydrogens (tertiary/aromatic N) is 3. The maximum atomic E-state index is 9.27. The highest BCUT2D eigenvalue weighted by Gasteiger charge is 2.28. The molecule has 2 unspecified atom stereocenters. The molecule has 2 N–H and O–H groups in total. The van der Waals surface area contributed by atoms with Gasteiger partial charge in [-0.3, -0.25) is 0 Å². The molecular weight excluding hydrogens is 244 g/mol. The number of aliphatic hydroxyl groups is 1. The summed E-state index contributed by atoms with van der Waals surface area (Å²) in [4.78, 5) is 11.1. The molecule has 2 rings (SSSR count). The number of aromatic nitrogens is 2. The van der Waals surface area contributed by atoms with Gasteiger partial charge in [0.2, 0.25) is 0 Å². The Morgan fingerprint density at radius 3 is 2.79 bits per heavy atom. The molecular formula is C13H22N4O2. The third kappa shape index (κ3) is 2.79. The van der Waals surface area contributed by atoms with Gasteiger partial charge in [-0.25, -0.2) is 9.97 Å². The minimum Gasteiger partial charge on any atom is -0.394 e. The van der Waals surface area contributed by atoms with E-state index < -0.39 is 0 Å². The highest BCUT2D eigenvalue weighted by molar-refractivity contribution is 5.59. The second-order valence-corrected chi connectivity index (χ2v) is 4.96. The number of hydrogen-bond acceptors (Lipinski definition) is 6. The van der Waals surface area contributed by atoms with Crippen LogP contribution >= 0.6 is 0 Å². The van der Waals surface area contributed by atoms with Crippen molar-refractivity contribution in [3.63, 3.8) is 0 Å².